The van der Waals surface area contributed by atoms with Gasteiger partial charge in [-0.2, -0.15) is 9.97 Å². The van der Waals surface area contributed by atoms with Gasteiger partial charge in [0.05, 0.1) is 31.9 Å². The molecule has 16 heteroatoms. The number of piperidine rings is 1. The third kappa shape index (κ3) is 5.85. The molecule has 0 spiro atoms. The molecule has 1 aliphatic rings. The Hall–Kier alpha value is -3.66. The number of aromatic nitrogens is 7. The molecular formula is C21H28FN9O5S. The van der Waals surface area contributed by atoms with Crippen molar-refractivity contribution in [3.05, 3.63) is 30.4 Å². The number of anilines is 2. The molecule has 0 aromatic carbocycles. The van der Waals surface area contributed by atoms with Crippen LogP contribution < -0.4 is 19.1 Å². The number of nitrogens with one attached hydrogen (secondary N) is 1. The third-order valence-corrected chi connectivity index (χ3v) is 7.57. The van der Waals surface area contributed by atoms with Crippen molar-refractivity contribution in [3.8, 4) is 17.4 Å². The molecule has 37 heavy (non-hydrogen) atoms. The van der Waals surface area contributed by atoms with Gasteiger partial charge in [0, 0.05) is 26.1 Å². The Kier molecular flexibility index (Phi) is 8.27. The molecule has 14 nitrogen and oxygen atoms in total. The number of nitrogens with zero attached hydrogens (tertiary/aromatic N) is 8. The highest BCUT2D eigenvalue weighted by Crippen LogP contribution is 2.33. The standard InChI is InChI=1S/C21H28FN9O5S/c1-35-18-17(19(36-2)26-13-25-18)31-16(7-3-4-9-32)27-28-21(31)29-37(33,34)15-6-5-8-30(12-15)20-23-10-14(22)11-24-20/h10-11,13,15,32H,3-9,12H2,1-2H3,(H,28,29)/t15-/m0/s1. The van der Waals surface area contributed by atoms with Gasteiger partial charge < -0.3 is 19.5 Å². The topological polar surface area (TPSA) is 170 Å². The van der Waals surface area contributed by atoms with Crippen LogP contribution in [0.3, 0.4) is 0 Å². The second-order valence-electron chi connectivity index (χ2n) is 8.26. The first-order valence-electron chi connectivity index (χ1n) is 11.6. The molecule has 0 amide bonds. The van der Waals surface area contributed by atoms with Crippen LogP contribution in [0.25, 0.3) is 5.69 Å². The van der Waals surface area contributed by atoms with Crippen molar-refractivity contribution in [2.75, 3.05) is 43.5 Å². The molecule has 2 N–H and O–H groups in total. The van der Waals surface area contributed by atoms with Crippen LogP contribution in [0.15, 0.2) is 18.7 Å². The predicted molar refractivity (Wildman–Crippen MR) is 130 cm³/mol. The van der Waals surface area contributed by atoms with Gasteiger partial charge in [0.15, 0.2) is 11.5 Å². The summed E-state index contributed by atoms with van der Waals surface area (Å²) in [5.74, 6) is 0.270. The fourth-order valence-electron chi connectivity index (χ4n) is 4.06. The van der Waals surface area contributed by atoms with Crippen LogP contribution in [0.1, 0.15) is 31.5 Å². The first-order chi connectivity index (χ1) is 17.9. The maximum atomic E-state index is 13.5. The van der Waals surface area contributed by atoms with Gasteiger partial charge in [-0.1, -0.05) is 0 Å². The van der Waals surface area contributed by atoms with Gasteiger partial charge in [0.25, 0.3) is 0 Å². The molecule has 200 valence electrons. The summed E-state index contributed by atoms with van der Waals surface area (Å²) in [6.07, 6.45) is 5.80. The highest BCUT2D eigenvalue weighted by Gasteiger charge is 2.34. The van der Waals surface area contributed by atoms with E-state index in [1.807, 2.05) is 0 Å². The lowest BCUT2D eigenvalue weighted by Crippen LogP contribution is -2.45. The first kappa shape index (κ1) is 26.4. The van der Waals surface area contributed by atoms with Gasteiger partial charge in [-0.15, -0.1) is 10.2 Å². The Morgan fingerprint density at radius 2 is 1.81 bits per heavy atom. The summed E-state index contributed by atoms with van der Waals surface area (Å²) >= 11 is 0. The largest absolute Gasteiger partial charge is 0.479 e. The number of aliphatic hydroxyl groups is 1. The Balaban J connectivity index is 1.67. The fourth-order valence-corrected chi connectivity index (χ4v) is 5.47. The monoisotopic (exact) mass is 537 g/mol. The Morgan fingerprint density at radius 3 is 2.46 bits per heavy atom. The summed E-state index contributed by atoms with van der Waals surface area (Å²) in [5, 5.41) is 16.7. The quantitative estimate of drug-likeness (QED) is 0.329. The average molecular weight is 538 g/mol. The van der Waals surface area contributed by atoms with Gasteiger partial charge in [-0.3, -0.25) is 9.29 Å². The minimum absolute atomic E-state index is 0.00463. The zero-order valence-electron chi connectivity index (χ0n) is 20.4. The molecule has 4 rings (SSSR count). The van der Waals surface area contributed by atoms with Crippen molar-refractivity contribution in [3.63, 3.8) is 0 Å². The summed E-state index contributed by atoms with van der Waals surface area (Å²) in [4.78, 5) is 17.9. The maximum absolute atomic E-state index is 13.5. The molecule has 0 unspecified atom stereocenters. The molecular weight excluding hydrogens is 509 g/mol. The van der Waals surface area contributed by atoms with Crippen LogP contribution in [0, 0.1) is 5.82 Å². The number of aryl methyl sites for hydroxylation is 1. The van der Waals surface area contributed by atoms with Crippen LogP contribution in [0.5, 0.6) is 11.8 Å². The Morgan fingerprint density at radius 1 is 1.11 bits per heavy atom. The van der Waals surface area contributed by atoms with E-state index in [4.69, 9.17) is 9.47 Å². The van der Waals surface area contributed by atoms with E-state index in [-0.39, 0.29) is 42.5 Å². The number of halogens is 1. The number of aliphatic hydroxyl groups excluding tert-OH is 1. The number of hydrogen-bond acceptors (Lipinski definition) is 12. The summed E-state index contributed by atoms with van der Waals surface area (Å²) in [6, 6.07) is 0. The number of rotatable bonds is 11. The minimum atomic E-state index is -3.97. The molecule has 3 aromatic rings. The van der Waals surface area contributed by atoms with E-state index in [0.717, 1.165) is 12.4 Å². The summed E-state index contributed by atoms with van der Waals surface area (Å²) in [7, 11) is -1.14. The van der Waals surface area contributed by atoms with E-state index in [1.54, 1.807) is 4.90 Å². The third-order valence-electron chi connectivity index (χ3n) is 5.84. The lowest BCUT2D eigenvalue weighted by atomic mass is 10.1. The van der Waals surface area contributed by atoms with Crippen LogP contribution in [-0.2, 0) is 16.4 Å². The van der Waals surface area contributed by atoms with Crippen LogP contribution >= 0.6 is 0 Å². The molecule has 0 aliphatic carbocycles. The van der Waals surface area contributed by atoms with Gasteiger partial charge in [0.1, 0.15) is 12.2 Å². The van der Waals surface area contributed by atoms with E-state index in [9.17, 15) is 17.9 Å². The molecule has 1 fully saturated rings. The zero-order valence-corrected chi connectivity index (χ0v) is 21.2. The lowest BCUT2D eigenvalue weighted by molar-refractivity contribution is 0.284. The van der Waals surface area contributed by atoms with Gasteiger partial charge in [0.2, 0.25) is 33.7 Å². The SMILES string of the molecule is COc1ncnc(OC)c1-n1c(CCCCO)nnc1NS(=O)(=O)[C@H]1CCCN(c2ncc(F)cn2)C1. The number of hydrogen-bond donors (Lipinski definition) is 2. The van der Waals surface area contributed by atoms with Crippen LogP contribution in [-0.4, -0.2) is 87.4 Å². The van der Waals surface area contributed by atoms with Crippen molar-refractivity contribution >= 4 is 21.9 Å². The average Bonchev–Trinajstić information content (AvgIpc) is 3.29. The Labute approximate surface area is 213 Å². The van der Waals surface area contributed by atoms with Crippen LogP contribution in [0.2, 0.25) is 0 Å². The molecule has 1 saturated heterocycles. The number of ether oxygens (including phenoxy) is 2. The van der Waals surface area contributed by atoms with Crippen molar-refractivity contribution < 1.29 is 27.4 Å². The van der Waals surface area contributed by atoms with E-state index in [0.29, 0.717) is 44.5 Å². The molecule has 4 heterocycles. The highest BCUT2D eigenvalue weighted by atomic mass is 32.2. The van der Waals surface area contributed by atoms with Crippen LogP contribution in [0.4, 0.5) is 16.3 Å². The molecule has 0 radical (unpaired) electrons. The van der Waals surface area contributed by atoms with Crippen molar-refractivity contribution in [2.24, 2.45) is 0 Å². The molecule has 1 atom stereocenters. The molecule has 1 aliphatic heterocycles. The second kappa shape index (κ2) is 11.6. The van der Waals surface area contributed by atoms with Crippen molar-refractivity contribution in [1.29, 1.82) is 0 Å². The highest BCUT2D eigenvalue weighted by molar-refractivity contribution is 7.93. The first-order valence-corrected chi connectivity index (χ1v) is 13.1. The van der Waals surface area contributed by atoms with E-state index in [2.05, 4.69) is 34.9 Å². The zero-order chi connectivity index (χ0) is 26.4. The van der Waals surface area contributed by atoms with Crippen molar-refractivity contribution in [1.82, 2.24) is 34.7 Å². The number of sulfonamides is 1. The van der Waals surface area contributed by atoms with E-state index >= 15 is 0 Å². The van der Waals surface area contributed by atoms with Gasteiger partial charge in [-0.25, -0.2) is 22.8 Å². The minimum Gasteiger partial charge on any atom is -0.479 e. The normalized spacial score (nSPS) is 16.0. The van der Waals surface area contributed by atoms with Gasteiger partial charge in [-0.05, 0) is 25.7 Å². The molecule has 3 aromatic heterocycles. The van der Waals surface area contributed by atoms with E-state index < -0.39 is 21.1 Å². The summed E-state index contributed by atoms with van der Waals surface area (Å²) in [6.45, 7) is 0.656. The Bertz CT molecular complexity index is 1280. The molecule has 0 bridgehead atoms. The molecule has 0 saturated carbocycles. The smallest absolute Gasteiger partial charge is 0.245 e. The maximum Gasteiger partial charge on any atom is 0.245 e. The fraction of sp³-hybridized carbons (Fsp3) is 0.524. The summed E-state index contributed by atoms with van der Waals surface area (Å²) in [5.41, 5.74) is 0.235. The number of unbranched alkanes of at least 4 members (excludes halogenated alkanes) is 1. The van der Waals surface area contributed by atoms with Gasteiger partial charge >= 0.3 is 0 Å². The predicted octanol–water partition coefficient (Wildman–Crippen LogP) is 0.729. The van der Waals surface area contributed by atoms with Crippen molar-refractivity contribution in [2.45, 2.75) is 37.4 Å². The van der Waals surface area contributed by atoms with E-state index in [1.165, 1.54) is 25.1 Å². The lowest BCUT2D eigenvalue weighted by Gasteiger charge is -2.32. The second-order valence-corrected chi connectivity index (χ2v) is 10.2. The number of methoxy groups -OCH3 is 2. The summed E-state index contributed by atoms with van der Waals surface area (Å²) < 4.78 is 55.1.